The number of alkyl halides is 2. The SMILES string of the molecule is O=C(c1ccccc1SC(F)F)N1CCCC(Oc2ncc(Cl)cn2)C1. The van der Waals surface area contributed by atoms with Crippen molar-refractivity contribution >= 4 is 29.3 Å². The lowest BCUT2D eigenvalue weighted by Crippen LogP contribution is -2.44. The highest BCUT2D eigenvalue weighted by Crippen LogP contribution is 2.30. The van der Waals surface area contributed by atoms with Gasteiger partial charge in [-0.25, -0.2) is 9.97 Å². The van der Waals surface area contributed by atoms with E-state index in [9.17, 15) is 13.6 Å². The predicted octanol–water partition coefficient (Wildman–Crippen LogP) is 4.13. The Morgan fingerprint density at radius 2 is 2.04 bits per heavy atom. The number of carbonyl (C=O) groups excluding carboxylic acids is 1. The van der Waals surface area contributed by atoms with Crippen LogP contribution in [0.25, 0.3) is 0 Å². The molecule has 2 aromatic rings. The number of halogens is 3. The highest BCUT2D eigenvalue weighted by molar-refractivity contribution is 7.99. The summed E-state index contributed by atoms with van der Waals surface area (Å²) in [5.74, 6) is -2.86. The molecule has 1 aliphatic rings. The Kier molecular flexibility index (Phi) is 6.26. The topological polar surface area (TPSA) is 55.3 Å². The summed E-state index contributed by atoms with van der Waals surface area (Å²) in [6.07, 6.45) is 4.11. The van der Waals surface area contributed by atoms with Gasteiger partial charge in [0.25, 0.3) is 11.7 Å². The van der Waals surface area contributed by atoms with Crippen LogP contribution < -0.4 is 4.74 Å². The lowest BCUT2D eigenvalue weighted by atomic mass is 10.1. The second-order valence-electron chi connectivity index (χ2n) is 5.69. The van der Waals surface area contributed by atoms with Gasteiger partial charge in [-0.1, -0.05) is 35.5 Å². The Morgan fingerprint density at radius 3 is 2.77 bits per heavy atom. The summed E-state index contributed by atoms with van der Waals surface area (Å²) in [7, 11) is 0. The summed E-state index contributed by atoms with van der Waals surface area (Å²) < 4.78 is 31.2. The first kappa shape index (κ1) is 18.8. The van der Waals surface area contributed by atoms with Gasteiger partial charge in [-0.15, -0.1) is 0 Å². The van der Waals surface area contributed by atoms with Crippen molar-refractivity contribution in [2.24, 2.45) is 0 Å². The number of hydrogen-bond acceptors (Lipinski definition) is 5. The molecule has 0 spiro atoms. The Hall–Kier alpha value is -1.93. The normalized spacial score (nSPS) is 17.4. The molecule has 138 valence electrons. The van der Waals surface area contributed by atoms with Crippen LogP contribution in [0.4, 0.5) is 8.78 Å². The third-order valence-corrected chi connectivity index (χ3v) is 4.85. The molecular weight excluding hydrogens is 384 g/mol. The molecule has 0 radical (unpaired) electrons. The quantitative estimate of drug-likeness (QED) is 0.707. The average molecular weight is 400 g/mol. The molecule has 0 saturated carbocycles. The number of nitrogens with zero attached hydrogens (tertiary/aromatic N) is 3. The number of piperidine rings is 1. The molecule has 3 rings (SSSR count). The van der Waals surface area contributed by atoms with E-state index in [0.717, 1.165) is 12.8 Å². The van der Waals surface area contributed by atoms with Crippen LogP contribution in [0.3, 0.4) is 0 Å². The van der Waals surface area contributed by atoms with Crippen LogP contribution in [0.5, 0.6) is 6.01 Å². The van der Waals surface area contributed by atoms with Crippen LogP contribution in [0.1, 0.15) is 23.2 Å². The zero-order chi connectivity index (χ0) is 18.5. The van der Waals surface area contributed by atoms with Gasteiger partial charge in [0.15, 0.2) is 0 Å². The summed E-state index contributed by atoms with van der Waals surface area (Å²) in [6.45, 7) is 0.895. The largest absolute Gasteiger partial charge is 0.458 e. The van der Waals surface area contributed by atoms with Crippen molar-refractivity contribution in [3.05, 3.63) is 47.2 Å². The van der Waals surface area contributed by atoms with Crippen LogP contribution in [-0.4, -0.2) is 45.7 Å². The van der Waals surface area contributed by atoms with E-state index in [4.69, 9.17) is 16.3 Å². The monoisotopic (exact) mass is 399 g/mol. The number of amides is 1. The first-order chi connectivity index (χ1) is 12.5. The van der Waals surface area contributed by atoms with E-state index in [2.05, 4.69) is 9.97 Å². The van der Waals surface area contributed by atoms with Gasteiger partial charge in [0.1, 0.15) is 6.10 Å². The molecule has 0 N–H and O–H groups in total. The number of hydrogen-bond donors (Lipinski definition) is 0. The highest BCUT2D eigenvalue weighted by Gasteiger charge is 2.28. The first-order valence-electron chi connectivity index (χ1n) is 8.00. The van der Waals surface area contributed by atoms with Gasteiger partial charge in [-0.2, -0.15) is 8.78 Å². The second-order valence-corrected chi connectivity index (χ2v) is 7.16. The maximum atomic E-state index is 12.8. The van der Waals surface area contributed by atoms with Gasteiger partial charge in [0, 0.05) is 11.4 Å². The Morgan fingerprint density at radius 1 is 1.31 bits per heavy atom. The number of benzene rings is 1. The van der Waals surface area contributed by atoms with E-state index in [1.807, 2.05) is 0 Å². The Balaban J connectivity index is 1.69. The zero-order valence-electron chi connectivity index (χ0n) is 13.6. The minimum Gasteiger partial charge on any atom is -0.458 e. The molecule has 26 heavy (non-hydrogen) atoms. The molecule has 1 aromatic heterocycles. The van der Waals surface area contributed by atoms with Crippen LogP contribution in [0.2, 0.25) is 5.02 Å². The third-order valence-electron chi connectivity index (χ3n) is 3.87. The maximum absolute atomic E-state index is 12.8. The van der Waals surface area contributed by atoms with E-state index >= 15 is 0 Å². The van der Waals surface area contributed by atoms with Crippen molar-refractivity contribution in [1.82, 2.24) is 14.9 Å². The fraction of sp³-hybridized carbons (Fsp3) is 0.353. The van der Waals surface area contributed by atoms with Crippen LogP contribution in [0.15, 0.2) is 41.6 Å². The molecule has 0 aliphatic carbocycles. The first-order valence-corrected chi connectivity index (χ1v) is 9.26. The maximum Gasteiger partial charge on any atom is 0.316 e. The minimum absolute atomic E-state index is 0.197. The van der Waals surface area contributed by atoms with E-state index in [1.165, 1.54) is 18.5 Å². The van der Waals surface area contributed by atoms with E-state index < -0.39 is 5.76 Å². The molecule has 1 saturated heterocycles. The lowest BCUT2D eigenvalue weighted by molar-refractivity contribution is 0.0513. The molecule has 1 aromatic carbocycles. The summed E-state index contributed by atoms with van der Waals surface area (Å²) in [5, 5.41) is 0.408. The molecule has 1 aliphatic heterocycles. The van der Waals surface area contributed by atoms with Crippen LogP contribution >= 0.6 is 23.4 Å². The number of aromatic nitrogens is 2. The number of thioether (sulfide) groups is 1. The molecule has 9 heteroatoms. The summed E-state index contributed by atoms with van der Waals surface area (Å²) >= 11 is 6.13. The highest BCUT2D eigenvalue weighted by atomic mass is 35.5. The number of ether oxygens (including phenoxy) is 1. The molecule has 1 fully saturated rings. The van der Waals surface area contributed by atoms with Crippen molar-refractivity contribution < 1.29 is 18.3 Å². The van der Waals surface area contributed by atoms with Gasteiger partial charge in [0.05, 0.1) is 29.5 Å². The van der Waals surface area contributed by atoms with E-state index in [0.29, 0.717) is 29.9 Å². The Labute approximate surface area is 158 Å². The van der Waals surface area contributed by atoms with Crippen molar-refractivity contribution in [2.75, 3.05) is 13.1 Å². The molecule has 1 atom stereocenters. The van der Waals surface area contributed by atoms with Gasteiger partial charge >= 0.3 is 6.01 Å². The van der Waals surface area contributed by atoms with Crippen LogP contribution in [-0.2, 0) is 0 Å². The third kappa shape index (κ3) is 4.82. The second kappa shape index (κ2) is 8.64. The summed E-state index contributed by atoms with van der Waals surface area (Å²) in [5.41, 5.74) is 0.279. The van der Waals surface area contributed by atoms with Crippen molar-refractivity contribution in [3.8, 4) is 6.01 Å². The Bertz CT molecular complexity index is 764. The molecule has 0 bridgehead atoms. The van der Waals surface area contributed by atoms with Gasteiger partial charge in [-0.3, -0.25) is 4.79 Å². The van der Waals surface area contributed by atoms with Gasteiger partial charge in [-0.05, 0) is 25.0 Å². The number of likely N-dealkylation sites (tertiary alicyclic amines) is 1. The predicted molar refractivity (Wildman–Crippen MR) is 94.9 cm³/mol. The van der Waals surface area contributed by atoms with Crippen molar-refractivity contribution in [3.63, 3.8) is 0 Å². The number of carbonyl (C=O) groups is 1. The fourth-order valence-corrected chi connectivity index (χ4v) is 3.47. The standard InChI is InChI=1S/C17H16ClF2N3O2S/c18-11-8-21-17(22-9-11)25-12-4-3-7-23(10-12)15(24)13-5-1-2-6-14(13)26-16(19)20/h1-2,5-6,8-9,12,16H,3-4,7,10H2. The van der Waals surface area contributed by atoms with Gasteiger partial charge in [0.2, 0.25) is 0 Å². The molecule has 5 nitrogen and oxygen atoms in total. The summed E-state index contributed by atoms with van der Waals surface area (Å²) in [6, 6.07) is 6.61. The van der Waals surface area contributed by atoms with Crippen LogP contribution in [0, 0.1) is 0 Å². The van der Waals surface area contributed by atoms with E-state index in [-0.39, 0.29) is 28.5 Å². The lowest BCUT2D eigenvalue weighted by Gasteiger charge is -2.32. The summed E-state index contributed by atoms with van der Waals surface area (Å²) in [4.78, 5) is 22.7. The van der Waals surface area contributed by atoms with E-state index in [1.54, 1.807) is 23.1 Å². The van der Waals surface area contributed by atoms with Gasteiger partial charge < -0.3 is 9.64 Å². The van der Waals surface area contributed by atoms with Crippen molar-refractivity contribution in [2.45, 2.75) is 29.6 Å². The van der Waals surface area contributed by atoms with Crippen molar-refractivity contribution in [1.29, 1.82) is 0 Å². The number of rotatable bonds is 5. The molecular formula is C17H16ClF2N3O2S. The molecule has 2 heterocycles. The fourth-order valence-electron chi connectivity index (χ4n) is 2.74. The zero-order valence-corrected chi connectivity index (χ0v) is 15.2. The average Bonchev–Trinajstić information content (AvgIpc) is 2.63. The molecule has 1 amide bonds. The molecule has 1 unspecified atom stereocenters. The smallest absolute Gasteiger partial charge is 0.316 e. The minimum atomic E-state index is -2.58.